The molecule has 4 N–H and O–H groups in total. The fourth-order valence-corrected chi connectivity index (χ4v) is 3.55. The Bertz CT molecular complexity index is 841. The van der Waals surface area contributed by atoms with E-state index in [1.807, 2.05) is 30.1 Å². The van der Waals surface area contributed by atoms with Gasteiger partial charge in [-0.15, -0.1) is 0 Å². The van der Waals surface area contributed by atoms with E-state index in [0.29, 0.717) is 23.8 Å². The van der Waals surface area contributed by atoms with Gasteiger partial charge in [0.2, 0.25) is 11.8 Å². The maximum atomic E-state index is 12.9. The number of nitrogens with zero attached hydrogens (tertiary/aromatic N) is 2. The number of nitrogens with one attached hydrogen (secondary N) is 2. The van der Waals surface area contributed by atoms with E-state index in [4.69, 9.17) is 17.3 Å². The number of rotatable bonds is 7. The van der Waals surface area contributed by atoms with Gasteiger partial charge in [-0.1, -0.05) is 29.8 Å². The molecule has 0 spiro atoms. The Hall–Kier alpha value is -2.64. The van der Waals surface area contributed by atoms with Gasteiger partial charge in [-0.25, -0.2) is 4.98 Å². The first-order valence-electron chi connectivity index (χ1n) is 9.65. The molecule has 2 atom stereocenters. The van der Waals surface area contributed by atoms with Crippen LogP contribution in [0.5, 0.6) is 0 Å². The average Bonchev–Trinajstić information content (AvgIpc) is 3.14. The number of carbonyl (C=O) groups excluding carboxylic acids is 2. The van der Waals surface area contributed by atoms with Crippen molar-refractivity contribution < 1.29 is 9.59 Å². The lowest BCUT2D eigenvalue weighted by atomic mass is 10.0. The Kier molecular flexibility index (Phi) is 7.06. The van der Waals surface area contributed by atoms with Crippen molar-refractivity contribution >= 4 is 29.2 Å². The molecule has 1 aromatic carbocycles. The van der Waals surface area contributed by atoms with Crippen LogP contribution in [0.4, 0.5) is 5.82 Å². The number of hydrogen-bond donors (Lipinski definition) is 3. The Morgan fingerprint density at radius 2 is 1.97 bits per heavy atom. The summed E-state index contributed by atoms with van der Waals surface area (Å²) < 4.78 is 0. The highest BCUT2D eigenvalue weighted by Gasteiger charge is 2.31. The summed E-state index contributed by atoms with van der Waals surface area (Å²) in [6, 6.07) is 9.89. The third-order valence-electron chi connectivity index (χ3n) is 5.12. The molecule has 7 nitrogen and oxygen atoms in total. The van der Waals surface area contributed by atoms with Gasteiger partial charge < -0.3 is 16.4 Å². The van der Waals surface area contributed by atoms with Gasteiger partial charge in [-0.05, 0) is 55.8 Å². The van der Waals surface area contributed by atoms with Crippen LogP contribution < -0.4 is 16.4 Å². The molecule has 2 amide bonds. The summed E-state index contributed by atoms with van der Waals surface area (Å²) >= 11 is 5.96. The normalized spacial score (nSPS) is 17.7. The molecule has 0 unspecified atom stereocenters. The quantitative estimate of drug-likeness (QED) is 0.639. The Morgan fingerprint density at radius 1 is 1.24 bits per heavy atom. The van der Waals surface area contributed by atoms with Gasteiger partial charge in [-0.3, -0.25) is 14.5 Å². The number of amides is 2. The molecule has 29 heavy (non-hydrogen) atoms. The molecule has 0 radical (unpaired) electrons. The van der Waals surface area contributed by atoms with Crippen molar-refractivity contribution in [1.29, 1.82) is 0 Å². The number of likely N-dealkylation sites (N-methyl/N-ethyl adjacent to an activating group) is 1. The van der Waals surface area contributed by atoms with Gasteiger partial charge in [0.15, 0.2) is 0 Å². The number of aromatic nitrogens is 1. The molecule has 0 saturated carbocycles. The molecular weight excluding hydrogens is 390 g/mol. The molecule has 154 valence electrons. The summed E-state index contributed by atoms with van der Waals surface area (Å²) in [5, 5.41) is 6.45. The molecule has 2 aromatic rings. The van der Waals surface area contributed by atoms with Gasteiger partial charge in [0.1, 0.15) is 11.9 Å². The zero-order valence-electron chi connectivity index (χ0n) is 16.4. The van der Waals surface area contributed by atoms with Gasteiger partial charge >= 0.3 is 0 Å². The van der Waals surface area contributed by atoms with Crippen molar-refractivity contribution in [2.24, 2.45) is 0 Å². The van der Waals surface area contributed by atoms with Crippen LogP contribution in [0.3, 0.4) is 0 Å². The maximum Gasteiger partial charge on any atom is 0.243 e. The van der Waals surface area contributed by atoms with Crippen LogP contribution in [0.2, 0.25) is 5.02 Å². The highest BCUT2D eigenvalue weighted by atomic mass is 35.5. The van der Waals surface area contributed by atoms with E-state index < -0.39 is 6.04 Å². The highest BCUT2D eigenvalue weighted by Crippen LogP contribution is 2.16. The number of carbonyl (C=O) groups is 2. The van der Waals surface area contributed by atoms with Crippen LogP contribution in [-0.2, 0) is 22.6 Å². The van der Waals surface area contributed by atoms with Crippen molar-refractivity contribution in [2.45, 2.75) is 37.9 Å². The standard InChI is InChI=1S/C21H26ClN5O2/c1-27-10-2-3-18(27)21(29)26-17(11-14-4-7-16(22)8-5-14)20(28)25-13-15-6-9-19(23)24-12-15/h4-9,12,17-18H,2-3,10-11,13H2,1H3,(H2,23,24)(H,25,28)(H,26,29)/t17-,18+/m0/s1. The molecule has 1 fully saturated rings. The van der Waals surface area contributed by atoms with E-state index in [1.54, 1.807) is 24.4 Å². The predicted molar refractivity (Wildman–Crippen MR) is 113 cm³/mol. The van der Waals surface area contributed by atoms with Crippen LogP contribution in [0.15, 0.2) is 42.6 Å². The first-order valence-corrected chi connectivity index (χ1v) is 10.0. The summed E-state index contributed by atoms with van der Waals surface area (Å²) in [5.41, 5.74) is 7.35. The average molecular weight is 416 g/mol. The van der Waals surface area contributed by atoms with E-state index in [2.05, 4.69) is 15.6 Å². The molecule has 0 bridgehead atoms. The second-order valence-electron chi connectivity index (χ2n) is 7.34. The fourth-order valence-electron chi connectivity index (χ4n) is 3.43. The molecule has 1 aliphatic heterocycles. The second kappa shape index (κ2) is 9.71. The molecule has 8 heteroatoms. The number of likely N-dealkylation sites (tertiary alicyclic amines) is 1. The molecule has 1 aliphatic rings. The maximum absolute atomic E-state index is 12.9. The minimum absolute atomic E-state index is 0.117. The van der Waals surface area contributed by atoms with Gasteiger partial charge in [0, 0.05) is 24.2 Å². The van der Waals surface area contributed by atoms with Crippen molar-refractivity contribution in [2.75, 3.05) is 19.3 Å². The van der Waals surface area contributed by atoms with E-state index >= 15 is 0 Å². The van der Waals surface area contributed by atoms with Crippen molar-refractivity contribution in [1.82, 2.24) is 20.5 Å². The third kappa shape index (κ3) is 5.92. The Morgan fingerprint density at radius 3 is 2.59 bits per heavy atom. The first kappa shape index (κ1) is 21.1. The van der Waals surface area contributed by atoms with E-state index in [0.717, 1.165) is 30.5 Å². The second-order valence-corrected chi connectivity index (χ2v) is 7.78. The molecular formula is C21H26ClN5O2. The summed E-state index contributed by atoms with van der Waals surface area (Å²) in [6.07, 6.45) is 3.78. The Balaban J connectivity index is 1.68. The van der Waals surface area contributed by atoms with Crippen molar-refractivity contribution in [3.05, 3.63) is 58.7 Å². The number of hydrogen-bond acceptors (Lipinski definition) is 5. The zero-order valence-corrected chi connectivity index (χ0v) is 17.2. The summed E-state index contributed by atoms with van der Waals surface area (Å²) in [7, 11) is 1.93. The Labute approximate surface area is 175 Å². The van der Waals surface area contributed by atoms with E-state index in [1.165, 1.54) is 0 Å². The van der Waals surface area contributed by atoms with Crippen LogP contribution >= 0.6 is 11.6 Å². The number of pyridine rings is 1. The van der Waals surface area contributed by atoms with Crippen LogP contribution in [0, 0.1) is 0 Å². The lowest BCUT2D eigenvalue weighted by Gasteiger charge is -2.23. The fraction of sp³-hybridized carbons (Fsp3) is 0.381. The van der Waals surface area contributed by atoms with E-state index in [-0.39, 0.29) is 17.9 Å². The molecule has 3 rings (SSSR count). The number of nitrogens with two attached hydrogens (primary N) is 1. The highest BCUT2D eigenvalue weighted by molar-refractivity contribution is 6.30. The van der Waals surface area contributed by atoms with Crippen molar-refractivity contribution in [3.8, 4) is 0 Å². The van der Waals surface area contributed by atoms with E-state index in [9.17, 15) is 9.59 Å². The predicted octanol–water partition coefficient (Wildman–Crippen LogP) is 1.76. The molecule has 1 saturated heterocycles. The molecule has 1 aromatic heterocycles. The third-order valence-corrected chi connectivity index (χ3v) is 5.38. The summed E-state index contributed by atoms with van der Waals surface area (Å²) in [5.74, 6) is 0.0627. The number of anilines is 1. The zero-order chi connectivity index (χ0) is 20.8. The summed E-state index contributed by atoms with van der Waals surface area (Å²) in [6.45, 7) is 1.19. The number of benzene rings is 1. The molecule has 0 aliphatic carbocycles. The minimum atomic E-state index is -0.681. The van der Waals surface area contributed by atoms with Crippen LogP contribution in [0.1, 0.15) is 24.0 Å². The van der Waals surface area contributed by atoms with Gasteiger partial charge in [-0.2, -0.15) is 0 Å². The molecule has 2 heterocycles. The van der Waals surface area contributed by atoms with Crippen LogP contribution in [0.25, 0.3) is 0 Å². The van der Waals surface area contributed by atoms with Crippen LogP contribution in [-0.4, -0.2) is 47.4 Å². The number of halogens is 1. The van der Waals surface area contributed by atoms with Gasteiger partial charge in [0.25, 0.3) is 0 Å². The smallest absolute Gasteiger partial charge is 0.243 e. The van der Waals surface area contributed by atoms with Gasteiger partial charge in [0.05, 0.1) is 6.04 Å². The lowest BCUT2D eigenvalue weighted by molar-refractivity contribution is -0.131. The largest absolute Gasteiger partial charge is 0.384 e. The lowest BCUT2D eigenvalue weighted by Crippen LogP contribution is -2.52. The SMILES string of the molecule is CN1CCC[C@@H]1C(=O)N[C@@H](Cc1ccc(Cl)cc1)C(=O)NCc1ccc(N)nc1. The topological polar surface area (TPSA) is 100 Å². The summed E-state index contributed by atoms with van der Waals surface area (Å²) in [4.78, 5) is 31.7. The minimum Gasteiger partial charge on any atom is -0.384 e. The monoisotopic (exact) mass is 415 g/mol. The van der Waals surface area contributed by atoms with Crippen molar-refractivity contribution in [3.63, 3.8) is 0 Å². The first-order chi connectivity index (χ1) is 13.9. The number of nitrogen functional groups attached to an aromatic ring is 1.